The van der Waals surface area contributed by atoms with Crippen LogP contribution in [0.2, 0.25) is 0 Å². The van der Waals surface area contributed by atoms with Crippen LogP contribution >= 0.6 is 31.9 Å². The fourth-order valence-electron chi connectivity index (χ4n) is 2.37. The number of carbonyl (C=O) groups is 1. The van der Waals surface area contributed by atoms with Gasteiger partial charge in [-0.1, -0.05) is 31.9 Å². The Kier molecular flexibility index (Phi) is 5.86. The van der Waals surface area contributed by atoms with Gasteiger partial charge in [0.25, 0.3) is 5.91 Å². The van der Waals surface area contributed by atoms with E-state index in [0.717, 1.165) is 42.4 Å². The third-order valence-electron chi connectivity index (χ3n) is 3.47. The van der Waals surface area contributed by atoms with E-state index < -0.39 is 0 Å². The topological polar surface area (TPSA) is 43.8 Å². The molecule has 0 spiro atoms. The number of phenols is 1. The van der Waals surface area contributed by atoms with Crippen LogP contribution in [0.3, 0.4) is 0 Å². The van der Waals surface area contributed by atoms with Crippen molar-refractivity contribution < 1.29 is 9.90 Å². The van der Waals surface area contributed by atoms with Crippen LogP contribution in [0, 0.1) is 0 Å². The molecule has 0 atom stereocenters. The molecule has 1 heterocycles. The number of rotatable bonds is 3. The summed E-state index contributed by atoms with van der Waals surface area (Å²) in [5.74, 6) is -0.0540. The van der Waals surface area contributed by atoms with Gasteiger partial charge < -0.3 is 14.9 Å². The quantitative estimate of drug-likeness (QED) is 0.786. The maximum absolute atomic E-state index is 12.5. The van der Waals surface area contributed by atoms with Crippen LogP contribution in [0.1, 0.15) is 16.8 Å². The van der Waals surface area contributed by atoms with Gasteiger partial charge in [-0.15, -0.1) is 0 Å². The first kappa shape index (κ1) is 15.8. The lowest BCUT2D eigenvalue weighted by Gasteiger charge is -2.22. The van der Waals surface area contributed by atoms with Gasteiger partial charge >= 0.3 is 0 Å². The highest BCUT2D eigenvalue weighted by Crippen LogP contribution is 2.24. The van der Waals surface area contributed by atoms with Crippen molar-refractivity contribution in [1.29, 1.82) is 0 Å². The molecular weight excluding hydrogens is 388 g/mol. The Balaban J connectivity index is 2.05. The van der Waals surface area contributed by atoms with Gasteiger partial charge in [-0.05, 0) is 31.2 Å². The average molecular weight is 406 g/mol. The molecule has 1 amide bonds. The SMILES string of the molecule is O=C(c1ccc(Br)cc1O)N1CCCN(CCBr)CC1. The molecule has 0 radical (unpaired) electrons. The second kappa shape index (κ2) is 7.43. The third-order valence-corrected chi connectivity index (χ3v) is 4.31. The van der Waals surface area contributed by atoms with Gasteiger partial charge in [0.15, 0.2) is 0 Å². The molecule has 1 saturated heterocycles. The summed E-state index contributed by atoms with van der Waals surface area (Å²) in [7, 11) is 0. The van der Waals surface area contributed by atoms with Crippen molar-refractivity contribution in [2.75, 3.05) is 38.1 Å². The highest BCUT2D eigenvalue weighted by Gasteiger charge is 2.22. The fourth-order valence-corrected chi connectivity index (χ4v) is 3.22. The minimum absolute atomic E-state index is 0.0333. The van der Waals surface area contributed by atoms with Crippen molar-refractivity contribution in [1.82, 2.24) is 9.80 Å². The highest BCUT2D eigenvalue weighted by atomic mass is 79.9. The maximum atomic E-state index is 12.5. The van der Waals surface area contributed by atoms with Crippen molar-refractivity contribution in [3.63, 3.8) is 0 Å². The first-order valence-electron chi connectivity index (χ1n) is 6.68. The van der Waals surface area contributed by atoms with Gasteiger partial charge in [0.05, 0.1) is 5.56 Å². The van der Waals surface area contributed by atoms with Crippen LogP contribution < -0.4 is 0 Å². The van der Waals surface area contributed by atoms with E-state index in [1.165, 1.54) is 0 Å². The van der Waals surface area contributed by atoms with Crippen molar-refractivity contribution in [2.24, 2.45) is 0 Å². The van der Waals surface area contributed by atoms with Crippen molar-refractivity contribution in [3.8, 4) is 5.75 Å². The molecule has 1 aromatic rings. The molecule has 1 aromatic carbocycles. The maximum Gasteiger partial charge on any atom is 0.257 e. The summed E-state index contributed by atoms with van der Waals surface area (Å²) in [6.45, 7) is 4.36. The molecule has 1 N–H and O–H groups in total. The summed E-state index contributed by atoms with van der Waals surface area (Å²) in [5, 5.41) is 10.9. The molecule has 110 valence electrons. The number of aromatic hydroxyl groups is 1. The van der Waals surface area contributed by atoms with E-state index in [1.54, 1.807) is 18.2 Å². The van der Waals surface area contributed by atoms with Crippen molar-refractivity contribution >= 4 is 37.8 Å². The van der Waals surface area contributed by atoms with Gasteiger partial charge in [-0.3, -0.25) is 4.79 Å². The van der Waals surface area contributed by atoms with Crippen molar-refractivity contribution in [2.45, 2.75) is 6.42 Å². The average Bonchev–Trinajstić information content (AvgIpc) is 2.64. The Labute approximate surface area is 136 Å². The molecule has 20 heavy (non-hydrogen) atoms. The van der Waals surface area contributed by atoms with E-state index in [9.17, 15) is 9.90 Å². The van der Waals surface area contributed by atoms with Crippen LogP contribution in [0.25, 0.3) is 0 Å². The van der Waals surface area contributed by atoms with E-state index in [4.69, 9.17) is 0 Å². The van der Waals surface area contributed by atoms with E-state index in [1.807, 2.05) is 4.90 Å². The minimum Gasteiger partial charge on any atom is -0.507 e. The first-order chi connectivity index (χ1) is 9.61. The summed E-state index contributed by atoms with van der Waals surface area (Å²) in [4.78, 5) is 16.7. The molecule has 1 fully saturated rings. The van der Waals surface area contributed by atoms with Gasteiger partial charge in [0.2, 0.25) is 0 Å². The Bertz CT molecular complexity index is 482. The Morgan fingerprint density at radius 3 is 2.75 bits per heavy atom. The summed E-state index contributed by atoms with van der Waals surface area (Å²) in [6, 6.07) is 5.01. The van der Waals surface area contributed by atoms with Gasteiger partial charge in [-0.25, -0.2) is 0 Å². The molecule has 0 saturated carbocycles. The van der Waals surface area contributed by atoms with E-state index in [0.29, 0.717) is 12.1 Å². The predicted molar refractivity (Wildman–Crippen MR) is 86.6 cm³/mol. The lowest BCUT2D eigenvalue weighted by atomic mass is 10.1. The lowest BCUT2D eigenvalue weighted by molar-refractivity contribution is 0.0759. The number of hydrogen-bond donors (Lipinski definition) is 1. The Morgan fingerprint density at radius 1 is 1.25 bits per heavy atom. The number of carbonyl (C=O) groups excluding carboxylic acids is 1. The standard InChI is InChI=1S/C14H18Br2N2O2/c15-4-7-17-5-1-6-18(9-8-17)14(20)12-3-2-11(16)10-13(12)19/h2-3,10,19H,1,4-9H2. The molecule has 6 heteroatoms. The van der Waals surface area contributed by atoms with Crippen LogP contribution in [0.15, 0.2) is 22.7 Å². The van der Waals surface area contributed by atoms with Gasteiger partial charge in [0.1, 0.15) is 5.75 Å². The highest BCUT2D eigenvalue weighted by molar-refractivity contribution is 9.10. The fraction of sp³-hybridized carbons (Fsp3) is 0.500. The van der Waals surface area contributed by atoms with Crippen LogP contribution in [0.5, 0.6) is 5.75 Å². The predicted octanol–water partition coefficient (Wildman–Crippen LogP) is 2.70. The first-order valence-corrected chi connectivity index (χ1v) is 8.59. The van der Waals surface area contributed by atoms with Crippen LogP contribution in [-0.2, 0) is 0 Å². The van der Waals surface area contributed by atoms with Gasteiger partial charge in [-0.2, -0.15) is 0 Å². The van der Waals surface area contributed by atoms with Crippen LogP contribution in [-0.4, -0.2) is 58.9 Å². The zero-order valence-corrected chi connectivity index (χ0v) is 14.4. The summed E-state index contributed by atoms with van der Waals surface area (Å²) in [5.41, 5.74) is 0.377. The second-order valence-corrected chi connectivity index (χ2v) is 6.55. The lowest BCUT2D eigenvalue weighted by Crippen LogP contribution is -2.35. The summed E-state index contributed by atoms with van der Waals surface area (Å²) >= 11 is 6.73. The molecule has 0 bridgehead atoms. The largest absolute Gasteiger partial charge is 0.507 e. The zero-order valence-electron chi connectivity index (χ0n) is 11.2. The molecule has 1 aliphatic heterocycles. The number of benzene rings is 1. The molecule has 2 rings (SSSR count). The molecule has 1 aliphatic rings. The number of nitrogens with zero attached hydrogens (tertiary/aromatic N) is 2. The zero-order chi connectivity index (χ0) is 14.5. The monoisotopic (exact) mass is 404 g/mol. The summed E-state index contributed by atoms with van der Waals surface area (Å²) < 4.78 is 0.769. The second-order valence-electron chi connectivity index (χ2n) is 4.84. The molecule has 0 aromatic heterocycles. The van der Waals surface area contributed by atoms with E-state index in [2.05, 4.69) is 36.8 Å². The molecule has 4 nitrogen and oxygen atoms in total. The molecule has 0 unspecified atom stereocenters. The van der Waals surface area contributed by atoms with Gasteiger partial charge in [0, 0.05) is 36.0 Å². The number of phenolic OH excluding ortho intramolecular Hbond substituents is 1. The number of amides is 1. The Hall–Kier alpha value is -0.590. The molecule has 0 aliphatic carbocycles. The minimum atomic E-state index is -0.0873. The number of hydrogen-bond acceptors (Lipinski definition) is 3. The summed E-state index contributed by atoms with van der Waals surface area (Å²) in [6.07, 6.45) is 0.968. The van der Waals surface area contributed by atoms with E-state index in [-0.39, 0.29) is 11.7 Å². The number of halogens is 2. The Morgan fingerprint density at radius 2 is 2.05 bits per heavy atom. The normalized spacial score (nSPS) is 17.0. The smallest absolute Gasteiger partial charge is 0.257 e. The third kappa shape index (κ3) is 3.96. The number of alkyl halides is 1. The van der Waals surface area contributed by atoms with Crippen LogP contribution in [0.4, 0.5) is 0 Å². The van der Waals surface area contributed by atoms with E-state index >= 15 is 0 Å². The molecular formula is C14H18Br2N2O2. The van der Waals surface area contributed by atoms with Crippen molar-refractivity contribution in [3.05, 3.63) is 28.2 Å².